The van der Waals surface area contributed by atoms with Crippen molar-refractivity contribution in [3.05, 3.63) is 48.6 Å². The number of carbonyl (C=O) groups excluding carboxylic acids is 1. The smallest absolute Gasteiger partial charge is 0.262 e. The zero-order chi connectivity index (χ0) is 18.0. The minimum Gasteiger partial charge on any atom is -0.495 e. The number of rotatable bonds is 4. The standard InChI is InChI=1S/C17H18N2O5S/c1-24-16-13-7-3-2-6-12(13)9-10-15(16)25(22,23)19-11-5-4-8-14(19)17(20)18-21/h2-7,9-10,14,21H,8,11H2,1H3,(H,18,20). The molecule has 1 atom stereocenters. The van der Waals surface area contributed by atoms with E-state index in [4.69, 9.17) is 9.94 Å². The average molecular weight is 362 g/mol. The fraction of sp³-hybridized carbons (Fsp3) is 0.235. The van der Waals surface area contributed by atoms with Crippen molar-refractivity contribution in [2.45, 2.75) is 17.4 Å². The quantitative estimate of drug-likeness (QED) is 0.490. The average Bonchev–Trinajstić information content (AvgIpc) is 2.66. The molecule has 25 heavy (non-hydrogen) atoms. The number of benzene rings is 2. The molecule has 2 N–H and O–H groups in total. The predicted octanol–water partition coefficient (Wildman–Crippen LogP) is 1.67. The third-order valence-electron chi connectivity index (χ3n) is 4.21. The third-order valence-corrected chi connectivity index (χ3v) is 6.10. The van der Waals surface area contributed by atoms with Gasteiger partial charge < -0.3 is 4.74 Å². The van der Waals surface area contributed by atoms with Gasteiger partial charge in [-0.2, -0.15) is 4.31 Å². The molecule has 0 saturated heterocycles. The van der Waals surface area contributed by atoms with Crippen molar-refractivity contribution in [3.8, 4) is 5.75 Å². The van der Waals surface area contributed by atoms with Gasteiger partial charge >= 0.3 is 0 Å². The lowest BCUT2D eigenvalue weighted by Gasteiger charge is -2.30. The number of sulfonamides is 1. The van der Waals surface area contributed by atoms with E-state index in [2.05, 4.69) is 0 Å². The first-order valence-electron chi connectivity index (χ1n) is 7.67. The molecule has 0 aliphatic carbocycles. The van der Waals surface area contributed by atoms with Crippen LogP contribution in [-0.4, -0.2) is 43.5 Å². The Bertz CT molecular complexity index is 939. The van der Waals surface area contributed by atoms with E-state index in [1.807, 2.05) is 12.1 Å². The number of nitrogens with one attached hydrogen (secondary N) is 1. The Hall–Kier alpha value is -2.42. The summed E-state index contributed by atoms with van der Waals surface area (Å²) in [5.74, 6) is -0.538. The van der Waals surface area contributed by atoms with Crippen LogP contribution >= 0.6 is 0 Å². The maximum absolute atomic E-state index is 13.2. The van der Waals surface area contributed by atoms with Crippen LogP contribution in [0.5, 0.6) is 5.75 Å². The molecule has 1 aliphatic rings. The maximum Gasteiger partial charge on any atom is 0.262 e. The van der Waals surface area contributed by atoms with Crippen LogP contribution in [0.4, 0.5) is 0 Å². The number of nitrogens with zero attached hydrogens (tertiary/aromatic N) is 1. The predicted molar refractivity (Wildman–Crippen MR) is 91.9 cm³/mol. The van der Waals surface area contributed by atoms with Crippen LogP contribution in [0.2, 0.25) is 0 Å². The molecule has 1 aliphatic heterocycles. The van der Waals surface area contributed by atoms with Crippen LogP contribution in [0, 0.1) is 0 Å². The number of hydrogen-bond donors (Lipinski definition) is 2. The van der Waals surface area contributed by atoms with E-state index in [9.17, 15) is 13.2 Å². The van der Waals surface area contributed by atoms with E-state index < -0.39 is 22.0 Å². The highest BCUT2D eigenvalue weighted by Gasteiger charge is 2.37. The van der Waals surface area contributed by atoms with E-state index in [1.54, 1.807) is 30.4 Å². The van der Waals surface area contributed by atoms with Crippen LogP contribution < -0.4 is 10.2 Å². The van der Waals surface area contributed by atoms with Gasteiger partial charge in [0, 0.05) is 11.9 Å². The molecule has 3 rings (SSSR count). The SMILES string of the molecule is COc1c(S(=O)(=O)N2CC=CCC2C(=O)NO)ccc2ccccc12. The molecule has 0 spiro atoms. The summed E-state index contributed by atoms with van der Waals surface area (Å²) in [5, 5.41) is 10.4. The number of ether oxygens (including phenoxy) is 1. The lowest BCUT2D eigenvalue weighted by atomic mass is 10.1. The van der Waals surface area contributed by atoms with Gasteiger partial charge in [-0.1, -0.05) is 42.5 Å². The minimum atomic E-state index is -4.02. The number of amides is 1. The Morgan fingerprint density at radius 3 is 2.72 bits per heavy atom. The molecule has 0 bridgehead atoms. The Morgan fingerprint density at radius 1 is 1.24 bits per heavy atom. The monoisotopic (exact) mass is 362 g/mol. The van der Waals surface area contributed by atoms with Gasteiger partial charge in [0.2, 0.25) is 10.0 Å². The van der Waals surface area contributed by atoms with Gasteiger partial charge in [-0.05, 0) is 17.9 Å². The molecule has 1 heterocycles. The third kappa shape index (κ3) is 2.99. The fourth-order valence-corrected chi connectivity index (χ4v) is 4.71. The number of hydroxylamine groups is 1. The lowest BCUT2D eigenvalue weighted by Crippen LogP contribution is -2.50. The molecular formula is C17H18N2O5S. The van der Waals surface area contributed by atoms with Gasteiger partial charge in [0.25, 0.3) is 5.91 Å². The van der Waals surface area contributed by atoms with Crippen LogP contribution in [-0.2, 0) is 14.8 Å². The Kier molecular flexibility index (Phi) is 4.76. The fourth-order valence-electron chi connectivity index (χ4n) is 2.99. The molecule has 1 unspecified atom stereocenters. The highest BCUT2D eigenvalue weighted by Crippen LogP contribution is 2.35. The van der Waals surface area contributed by atoms with Gasteiger partial charge in [-0.25, -0.2) is 13.9 Å². The summed E-state index contributed by atoms with van der Waals surface area (Å²) in [6.07, 6.45) is 3.57. The van der Waals surface area contributed by atoms with Gasteiger partial charge in [0.1, 0.15) is 16.7 Å². The van der Waals surface area contributed by atoms with Crippen LogP contribution in [0.25, 0.3) is 10.8 Å². The zero-order valence-electron chi connectivity index (χ0n) is 13.5. The molecule has 1 amide bonds. The van der Waals surface area contributed by atoms with Crippen molar-refractivity contribution in [3.63, 3.8) is 0 Å². The summed E-state index contributed by atoms with van der Waals surface area (Å²) in [5.41, 5.74) is 1.54. The van der Waals surface area contributed by atoms with Crippen molar-refractivity contribution in [1.29, 1.82) is 0 Å². The highest BCUT2D eigenvalue weighted by atomic mass is 32.2. The highest BCUT2D eigenvalue weighted by molar-refractivity contribution is 7.89. The lowest BCUT2D eigenvalue weighted by molar-refractivity contribution is -0.133. The number of methoxy groups -OCH3 is 1. The van der Waals surface area contributed by atoms with E-state index >= 15 is 0 Å². The molecule has 0 saturated carbocycles. The molecule has 132 valence electrons. The van der Waals surface area contributed by atoms with E-state index in [1.165, 1.54) is 18.7 Å². The van der Waals surface area contributed by atoms with E-state index in [0.717, 1.165) is 9.69 Å². The van der Waals surface area contributed by atoms with Crippen molar-refractivity contribution < 1.29 is 23.2 Å². The Balaban J connectivity index is 2.15. The van der Waals surface area contributed by atoms with Crippen molar-refractivity contribution in [2.24, 2.45) is 0 Å². The van der Waals surface area contributed by atoms with Gasteiger partial charge in [0.15, 0.2) is 0 Å². The second-order valence-corrected chi connectivity index (χ2v) is 7.45. The molecule has 0 fully saturated rings. The molecule has 7 nitrogen and oxygen atoms in total. The second kappa shape index (κ2) is 6.83. The van der Waals surface area contributed by atoms with E-state index in [0.29, 0.717) is 5.39 Å². The molecule has 2 aromatic rings. The molecule has 2 aromatic carbocycles. The Labute approximate surface area is 145 Å². The molecule has 0 aromatic heterocycles. The van der Waals surface area contributed by atoms with Crippen molar-refractivity contribution in [2.75, 3.05) is 13.7 Å². The summed E-state index contributed by atoms with van der Waals surface area (Å²) < 4.78 is 32.8. The number of hydrogen-bond acceptors (Lipinski definition) is 5. The normalized spacial score (nSPS) is 18.2. The summed E-state index contributed by atoms with van der Waals surface area (Å²) in [7, 11) is -2.60. The molecule has 0 radical (unpaired) electrons. The minimum absolute atomic E-state index is 0.0141. The van der Waals surface area contributed by atoms with Gasteiger partial charge in [-0.15, -0.1) is 0 Å². The first-order valence-corrected chi connectivity index (χ1v) is 9.11. The molecular weight excluding hydrogens is 344 g/mol. The molecule has 8 heteroatoms. The van der Waals surface area contributed by atoms with Crippen LogP contribution in [0.1, 0.15) is 6.42 Å². The van der Waals surface area contributed by atoms with Gasteiger partial charge in [-0.3, -0.25) is 10.0 Å². The van der Waals surface area contributed by atoms with Crippen LogP contribution in [0.3, 0.4) is 0 Å². The number of fused-ring (bicyclic) bond motifs is 1. The summed E-state index contributed by atoms with van der Waals surface area (Å²) in [6, 6.07) is 9.45. The first-order chi connectivity index (χ1) is 12.0. The zero-order valence-corrected chi connectivity index (χ0v) is 14.4. The first kappa shape index (κ1) is 17.4. The largest absolute Gasteiger partial charge is 0.495 e. The summed E-state index contributed by atoms with van der Waals surface area (Å²) >= 11 is 0. The topological polar surface area (TPSA) is 95.9 Å². The van der Waals surface area contributed by atoms with Crippen molar-refractivity contribution in [1.82, 2.24) is 9.79 Å². The Morgan fingerprint density at radius 2 is 2.00 bits per heavy atom. The maximum atomic E-state index is 13.2. The van der Waals surface area contributed by atoms with Gasteiger partial charge in [0.05, 0.1) is 7.11 Å². The number of carbonyl (C=O) groups is 1. The second-order valence-electron chi connectivity index (χ2n) is 5.59. The van der Waals surface area contributed by atoms with Crippen molar-refractivity contribution >= 4 is 26.7 Å². The van der Waals surface area contributed by atoms with Crippen LogP contribution in [0.15, 0.2) is 53.4 Å². The summed E-state index contributed by atoms with van der Waals surface area (Å²) in [4.78, 5) is 11.9. The van der Waals surface area contributed by atoms with E-state index in [-0.39, 0.29) is 23.6 Å². The summed E-state index contributed by atoms with van der Waals surface area (Å²) in [6.45, 7) is 0.0381.